The quantitative estimate of drug-likeness (QED) is 0.707. The van der Waals surface area contributed by atoms with Crippen LogP contribution in [0, 0.1) is 11.6 Å². The highest BCUT2D eigenvalue weighted by atomic mass is 19.1. The molecule has 2 saturated heterocycles. The van der Waals surface area contributed by atoms with Gasteiger partial charge >= 0.3 is 0 Å². The van der Waals surface area contributed by atoms with Gasteiger partial charge in [-0.25, -0.2) is 8.78 Å². The molecule has 6 heteroatoms. The molecule has 0 aliphatic carbocycles. The van der Waals surface area contributed by atoms with Crippen molar-refractivity contribution in [2.24, 2.45) is 0 Å². The number of halogens is 2. The first-order valence-electron chi connectivity index (χ1n) is 11.1. The predicted octanol–water partition coefficient (Wildman–Crippen LogP) is 4.04. The zero-order valence-corrected chi connectivity index (χ0v) is 17.8. The van der Waals surface area contributed by atoms with Gasteiger partial charge in [0.05, 0.1) is 6.17 Å². The van der Waals surface area contributed by atoms with Crippen LogP contribution in [0.25, 0.3) is 0 Å². The maximum absolute atomic E-state index is 13.2. The molecule has 162 valence electrons. The Kier molecular flexibility index (Phi) is 6.85. The molecule has 0 radical (unpaired) electrons. The Bertz CT molecular complexity index is 714. The number of piperazine rings is 2. The number of nitrogens with zero attached hydrogens (tertiary/aromatic N) is 4. The van der Waals surface area contributed by atoms with E-state index in [4.69, 9.17) is 0 Å². The van der Waals surface area contributed by atoms with Crippen molar-refractivity contribution in [2.45, 2.75) is 25.9 Å². The van der Waals surface area contributed by atoms with Crippen LogP contribution in [0.2, 0.25) is 0 Å². The van der Waals surface area contributed by atoms with E-state index in [-0.39, 0.29) is 11.6 Å². The second kappa shape index (κ2) is 9.75. The summed E-state index contributed by atoms with van der Waals surface area (Å²) in [6, 6.07) is 13.7. The molecule has 2 aliphatic heterocycles. The van der Waals surface area contributed by atoms with Crippen molar-refractivity contribution in [1.82, 2.24) is 9.80 Å². The van der Waals surface area contributed by atoms with Crippen LogP contribution in [0.15, 0.2) is 48.5 Å². The second-order valence-corrected chi connectivity index (χ2v) is 8.27. The van der Waals surface area contributed by atoms with Gasteiger partial charge in [-0.15, -0.1) is 0 Å². The lowest BCUT2D eigenvalue weighted by Crippen LogP contribution is -2.59. The average molecular weight is 415 g/mol. The zero-order valence-electron chi connectivity index (χ0n) is 17.8. The molecule has 2 heterocycles. The van der Waals surface area contributed by atoms with Crippen LogP contribution >= 0.6 is 0 Å². The molecule has 0 atom stereocenters. The molecule has 4 nitrogen and oxygen atoms in total. The highest BCUT2D eigenvalue weighted by molar-refractivity contribution is 5.47. The Hall–Kier alpha value is -2.18. The fraction of sp³-hybridized carbons (Fsp3) is 0.500. The van der Waals surface area contributed by atoms with Crippen molar-refractivity contribution in [3.8, 4) is 0 Å². The second-order valence-electron chi connectivity index (χ2n) is 8.27. The molecule has 0 amide bonds. The van der Waals surface area contributed by atoms with Gasteiger partial charge in [0.1, 0.15) is 11.6 Å². The molecule has 30 heavy (non-hydrogen) atoms. The summed E-state index contributed by atoms with van der Waals surface area (Å²) in [7, 11) is 0. The minimum absolute atomic E-state index is 0.180. The van der Waals surface area contributed by atoms with Crippen LogP contribution in [0.3, 0.4) is 0 Å². The van der Waals surface area contributed by atoms with E-state index in [9.17, 15) is 8.78 Å². The van der Waals surface area contributed by atoms with Crippen molar-refractivity contribution >= 4 is 11.4 Å². The van der Waals surface area contributed by atoms with Gasteiger partial charge in [-0.3, -0.25) is 9.80 Å². The van der Waals surface area contributed by atoms with E-state index in [1.54, 1.807) is 24.3 Å². The summed E-state index contributed by atoms with van der Waals surface area (Å²) in [5.41, 5.74) is 2.21. The van der Waals surface area contributed by atoms with E-state index in [0.717, 1.165) is 63.7 Å². The molecule has 0 aromatic heterocycles. The summed E-state index contributed by atoms with van der Waals surface area (Å²) < 4.78 is 26.4. The van der Waals surface area contributed by atoms with E-state index in [1.807, 2.05) is 24.3 Å². The summed E-state index contributed by atoms with van der Waals surface area (Å²) in [4.78, 5) is 9.95. The van der Waals surface area contributed by atoms with E-state index >= 15 is 0 Å². The molecule has 0 saturated carbocycles. The highest BCUT2D eigenvalue weighted by Gasteiger charge is 2.30. The SMILES string of the molecule is CCCC(N1CCN(c2ccc(F)cc2)CC1)N1CCN(c2ccc(F)cc2)CC1. The zero-order chi connectivity index (χ0) is 20.9. The van der Waals surface area contributed by atoms with E-state index in [1.165, 1.54) is 12.8 Å². The maximum atomic E-state index is 13.2. The molecule has 4 rings (SSSR count). The Morgan fingerprint density at radius 2 is 1.00 bits per heavy atom. The van der Waals surface area contributed by atoms with Crippen LogP contribution in [0.5, 0.6) is 0 Å². The van der Waals surface area contributed by atoms with Gasteiger partial charge in [0.25, 0.3) is 0 Å². The molecule has 0 unspecified atom stereocenters. The fourth-order valence-corrected chi connectivity index (χ4v) is 4.71. The molecule has 2 aromatic rings. The molecular formula is C24H32F2N4. The van der Waals surface area contributed by atoms with Gasteiger partial charge in [-0.1, -0.05) is 13.3 Å². The Morgan fingerprint density at radius 3 is 1.33 bits per heavy atom. The van der Waals surface area contributed by atoms with Gasteiger partial charge in [-0.2, -0.15) is 0 Å². The first-order chi connectivity index (χ1) is 14.6. The van der Waals surface area contributed by atoms with Crippen molar-refractivity contribution in [2.75, 3.05) is 62.2 Å². The van der Waals surface area contributed by atoms with Crippen molar-refractivity contribution < 1.29 is 8.78 Å². The number of hydrogen-bond acceptors (Lipinski definition) is 4. The third-order valence-electron chi connectivity index (χ3n) is 6.40. The van der Waals surface area contributed by atoms with E-state index < -0.39 is 0 Å². The first kappa shape index (κ1) is 21.1. The Morgan fingerprint density at radius 1 is 0.633 bits per heavy atom. The monoisotopic (exact) mass is 414 g/mol. The van der Waals surface area contributed by atoms with E-state index in [2.05, 4.69) is 26.5 Å². The minimum atomic E-state index is -0.180. The molecule has 2 aliphatic rings. The largest absolute Gasteiger partial charge is 0.369 e. The third-order valence-corrected chi connectivity index (χ3v) is 6.40. The summed E-state index contributed by atoms with van der Waals surface area (Å²) in [6.07, 6.45) is 2.81. The predicted molar refractivity (Wildman–Crippen MR) is 119 cm³/mol. The van der Waals surface area contributed by atoms with Crippen LogP contribution in [0.4, 0.5) is 20.2 Å². The van der Waals surface area contributed by atoms with Crippen LogP contribution < -0.4 is 9.80 Å². The van der Waals surface area contributed by atoms with Crippen molar-refractivity contribution in [3.05, 3.63) is 60.2 Å². The van der Waals surface area contributed by atoms with Crippen LogP contribution in [-0.2, 0) is 0 Å². The third kappa shape index (κ3) is 4.93. The highest BCUT2D eigenvalue weighted by Crippen LogP contribution is 2.23. The normalized spacial score (nSPS) is 18.9. The van der Waals surface area contributed by atoms with Crippen LogP contribution in [0.1, 0.15) is 19.8 Å². The topological polar surface area (TPSA) is 13.0 Å². The molecule has 0 spiro atoms. The number of hydrogen-bond donors (Lipinski definition) is 0. The minimum Gasteiger partial charge on any atom is -0.369 e. The fourth-order valence-electron chi connectivity index (χ4n) is 4.71. The van der Waals surface area contributed by atoms with Gasteiger partial charge in [-0.05, 0) is 55.0 Å². The summed E-state index contributed by atoms with van der Waals surface area (Å²) in [5.74, 6) is -0.361. The molecular weight excluding hydrogens is 382 g/mol. The molecule has 2 aromatic carbocycles. The van der Waals surface area contributed by atoms with Gasteiger partial charge in [0.2, 0.25) is 0 Å². The first-order valence-corrected chi connectivity index (χ1v) is 11.1. The van der Waals surface area contributed by atoms with Gasteiger partial charge in [0, 0.05) is 63.7 Å². The summed E-state index contributed by atoms with van der Waals surface area (Å²) >= 11 is 0. The summed E-state index contributed by atoms with van der Waals surface area (Å²) in [5, 5.41) is 0. The summed E-state index contributed by atoms with van der Waals surface area (Å²) in [6.45, 7) is 10.3. The lowest BCUT2D eigenvalue weighted by atomic mass is 10.1. The van der Waals surface area contributed by atoms with E-state index in [0.29, 0.717) is 6.17 Å². The van der Waals surface area contributed by atoms with Crippen molar-refractivity contribution in [1.29, 1.82) is 0 Å². The molecule has 0 bridgehead atoms. The smallest absolute Gasteiger partial charge is 0.123 e. The van der Waals surface area contributed by atoms with Gasteiger partial charge < -0.3 is 9.80 Å². The maximum Gasteiger partial charge on any atom is 0.123 e. The molecule has 2 fully saturated rings. The number of rotatable bonds is 6. The standard InChI is InChI=1S/C24H32F2N4/c1-2-3-24(29-16-12-27(13-17-29)22-8-4-20(25)5-9-22)30-18-14-28(15-19-30)23-10-6-21(26)7-11-23/h4-11,24H,2-3,12-19H2,1H3. The van der Waals surface area contributed by atoms with Gasteiger partial charge in [0.15, 0.2) is 0 Å². The Labute approximate surface area is 178 Å². The molecule has 0 N–H and O–H groups in total. The van der Waals surface area contributed by atoms with Crippen LogP contribution in [-0.4, -0.2) is 68.3 Å². The van der Waals surface area contributed by atoms with Crippen molar-refractivity contribution in [3.63, 3.8) is 0 Å². The Balaban J connectivity index is 1.33. The lowest BCUT2D eigenvalue weighted by Gasteiger charge is -2.47. The average Bonchev–Trinajstić information content (AvgIpc) is 2.79. The number of anilines is 2. The number of benzene rings is 2. The lowest BCUT2D eigenvalue weighted by molar-refractivity contribution is 0.0274.